The Morgan fingerprint density at radius 2 is 1.36 bits per heavy atom. The average Bonchev–Trinajstić information content (AvgIpc) is 3.23. The van der Waals surface area contributed by atoms with E-state index in [-0.39, 0.29) is 0 Å². The van der Waals surface area contributed by atoms with Crippen molar-refractivity contribution < 1.29 is 0 Å². The number of nitrogens with zero attached hydrogens (tertiary/aromatic N) is 3. The van der Waals surface area contributed by atoms with Crippen LogP contribution in [0.15, 0.2) is 71.8 Å². The maximum Gasteiger partial charge on any atom is 0.0968 e. The second kappa shape index (κ2) is 7.96. The van der Waals surface area contributed by atoms with Crippen molar-refractivity contribution in [3.8, 4) is 0 Å². The van der Waals surface area contributed by atoms with E-state index < -0.39 is 0 Å². The molecule has 0 N–H and O–H groups in total. The van der Waals surface area contributed by atoms with Crippen LogP contribution in [0.5, 0.6) is 0 Å². The molecule has 2 aliphatic heterocycles. The Kier molecular flexibility index (Phi) is 5.46. The van der Waals surface area contributed by atoms with Crippen LogP contribution in [0.4, 0.5) is 0 Å². The smallest absolute Gasteiger partial charge is 0.0968 e. The zero-order valence-electron chi connectivity index (χ0n) is 14.1. The Labute approximate surface area is 162 Å². The van der Waals surface area contributed by atoms with Crippen molar-refractivity contribution in [1.82, 2.24) is 13.7 Å². The highest BCUT2D eigenvalue weighted by atomic mass is 79.9. The molecule has 0 aliphatic carbocycles. The second-order valence-corrected chi connectivity index (χ2v) is 8.42. The van der Waals surface area contributed by atoms with Gasteiger partial charge in [0.05, 0.1) is 12.0 Å². The van der Waals surface area contributed by atoms with E-state index in [4.69, 9.17) is 0 Å². The maximum atomic E-state index is 3.60. The molecule has 0 aromatic heterocycles. The van der Waals surface area contributed by atoms with Gasteiger partial charge in [-0.25, -0.2) is 0 Å². The average molecular weight is 416 g/mol. The zero-order chi connectivity index (χ0) is 17.1. The molecule has 0 radical (unpaired) electrons. The van der Waals surface area contributed by atoms with Gasteiger partial charge in [-0.2, -0.15) is 0 Å². The van der Waals surface area contributed by atoms with Crippen LogP contribution in [0, 0.1) is 0 Å². The molecule has 2 aliphatic rings. The van der Waals surface area contributed by atoms with Gasteiger partial charge >= 0.3 is 0 Å². The molecule has 0 saturated carbocycles. The molecule has 5 heteroatoms. The van der Waals surface area contributed by atoms with Crippen LogP contribution in [-0.4, -0.2) is 38.9 Å². The van der Waals surface area contributed by atoms with E-state index >= 15 is 0 Å². The fourth-order valence-electron chi connectivity index (χ4n) is 3.55. The van der Waals surface area contributed by atoms with Gasteiger partial charge in [0, 0.05) is 53.4 Å². The summed E-state index contributed by atoms with van der Waals surface area (Å²) in [6, 6.07) is 21.6. The highest BCUT2D eigenvalue weighted by Gasteiger charge is 2.36. The minimum absolute atomic E-state index is 0.355. The molecular formula is C20H22BrN3S. The number of rotatable bonds is 5. The molecule has 0 bridgehead atoms. The zero-order valence-corrected chi connectivity index (χ0v) is 16.5. The molecule has 0 amide bonds. The number of halogens is 1. The molecule has 130 valence electrons. The third-order valence-electron chi connectivity index (χ3n) is 4.70. The number of hydrogen-bond donors (Lipinski definition) is 0. The van der Waals surface area contributed by atoms with Crippen LogP contribution in [-0.2, 0) is 13.1 Å². The fraction of sp³-hybridized carbons (Fsp3) is 0.300. The van der Waals surface area contributed by atoms with Crippen molar-refractivity contribution in [2.75, 3.05) is 19.0 Å². The Morgan fingerprint density at radius 3 is 1.80 bits per heavy atom. The SMILES string of the molecule is BrN1C=C(C2N(Cc3ccccc3)CCN2Cc2ccccc2)SC1. The van der Waals surface area contributed by atoms with Crippen LogP contribution in [0.1, 0.15) is 11.1 Å². The summed E-state index contributed by atoms with van der Waals surface area (Å²) in [5.41, 5.74) is 2.77. The van der Waals surface area contributed by atoms with Crippen molar-refractivity contribution in [3.05, 3.63) is 82.9 Å². The Bertz CT molecular complexity index is 673. The summed E-state index contributed by atoms with van der Waals surface area (Å²) in [6.45, 7) is 4.20. The summed E-state index contributed by atoms with van der Waals surface area (Å²) >= 11 is 5.53. The monoisotopic (exact) mass is 415 g/mol. The third kappa shape index (κ3) is 4.11. The summed E-state index contributed by atoms with van der Waals surface area (Å²) in [4.78, 5) is 6.63. The first-order valence-electron chi connectivity index (χ1n) is 8.62. The van der Waals surface area contributed by atoms with E-state index in [1.165, 1.54) is 16.0 Å². The molecule has 4 rings (SSSR count). The first-order chi connectivity index (χ1) is 12.3. The maximum absolute atomic E-state index is 3.60. The molecule has 0 unspecified atom stereocenters. The lowest BCUT2D eigenvalue weighted by Gasteiger charge is -2.31. The lowest BCUT2D eigenvalue weighted by molar-refractivity contribution is 0.163. The van der Waals surface area contributed by atoms with Crippen LogP contribution in [0.25, 0.3) is 0 Å². The van der Waals surface area contributed by atoms with Crippen LogP contribution in [0.2, 0.25) is 0 Å². The lowest BCUT2D eigenvalue weighted by Crippen LogP contribution is -2.38. The second-order valence-electron chi connectivity index (χ2n) is 6.49. The standard InChI is InChI=1S/C20H22BrN3S/c21-24-15-19(25-16-24)20-22(13-17-7-3-1-4-8-17)11-12-23(20)14-18-9-5-2-6-10-18/h1-10,15,20H,11-14,16H2. The van der Waals surface area contributed by atoms with Crippen molar-refractivity contribution in [1.29, 1.82) is 0 Å². The van der Waals surface area contributed by atoms with E-state index in [9.17, 15) is 0 Å². The van der Waals surface area contributed by atoms with Gasteiger partial charge < -0.3 is 3.93 Å². The Balaban J connectivity index is 1.55. The van der Waals surface area contributed by atoms with Gasteiger partial charge in [-0.05, 0) is 11.1 Å². The molecule has 0 atom stereocenters. The third-order valence-corrected chi connectivity index (χ3v) is 6.54. The Hall–Kier alpha value is -1.27. The number of hydrogen-bond acceptors (Lipinski definition) is 4. The molecule has 2 aromatic carbocycles. The van der Waals surface area contributed by atoms with Gasteiger partial charge in [-0.3, -0.25) is 9.80 Å². The van der Waals surface area contributed by atoms with Crippen LogP contribution < -0.4 is 0 Å². The summed E-state index contributed by atoms with van der Waals surface area (Å²) in [6.07, 6.45) is 2.60. The van der Waals surface area contributed by atoms with E-state index in [2.05, 4.69) is 96.7 Å². The minimum Gasteiger partial charge on any atom is -0.305 e. The van der Waals surface area contributed by atoms with E-state index in [0.717, 1.165) is 32.1 Å². The largest absolute Gasteiger partial charge is 0.305 e. The minimum atomic E-state index is 0.355. The fourth-order valence-corrected chi connectivity index (χ4v) is 5.21. The predicted octanol–water partition coefficient (Wildman–Crippen LogP) is 4.49. The van der Waals surface area contributed by atoms with E-state index in [1.54, 1.807) is 0 Å². The Morgan fingerprint density at radius 1 is 0.840 bits per heavy atom. The van der Waals surface area contributed by atoms with Gasteiger partial charge in [0.15, 0.2) is 0 Å². The normalized spacial score (nSPS) is 19.6. The predicted molar refractivity (Wildman–Crippen MR) is 109 cm³/mol. The quantitative estimate of drug-likeness (QED) is 0.665. The van der Waals surface area contributed by atoms with Crippen LogP contribution >= 0.6 is 27.9 Å². The van der Waals surface area contributed by atoms with Crippen molar-refractivity contribution >= 4 is 27.9 Å². The summed E-state index contributed by atoms with van der Waals surface area (Å²) < 4.78 is 2.10. The molecule has 2 heterocycles. The summed E-state index contributed by atoms with van der Waals surface area (Å²) in [7, 11) is 0. The molecule has 1 fully saturated rings. The molecular weight excluding hydrogens is 394 g/mol. The molecule has 25 heavy (non-hydrogen) atoms. The van der Waals surface area contributed by atoms with Crippen molar-refractivity contribution in [2.24, 2.45) is 0 Å². The van der Waals surface area contributed by atoms with Crippen LogP contribution in [0.3, 0.4) is 0 Å². The highest BCUT2D eigenvalue weighted by Crippen LogP contribution is 2.37. The first kappa shape index (κ1) is 17.2. The highest BCUT2D eigenvalue weighted by molar-refractivity contribution is 9.07. The van der Waals surface area contributed by atoms with Crippen molar-refractivity contribution in [3.63, 3.8) is 0 Å². The summed E-state index contributed by atoms with van der Waals surface area (Å²) in [5, 5.41) is 0. The van der Waals surface area contributed by atoms with Gasteiger partial charge in [0.25, 0.3) is 0 Å². The number of benzene rings is 2. The van der Waals surface area contributed by atoms with E-state index in [1.807, 2.05) is 11.8 Å². The number of thioether (sulfide) groups is 1. The molecule has 2 aromatic rings. The van der Waals surface area contributed by atoms with E-state index in [0.29, 0.717) is 6.17 Å². The molecule has 0 spiro atoms. The van der Waals surface area contributed by atoms with Crippen molar-refractivity contribution in [2.45, 2.75) is 19.3 Å². The lowest BCUT2D eigenvalue weighted by atomic mass is 10.2. The topological polar surface area (TPSA) is 9.72 Å². The van der Waals surface area contributed by atoms with Gasteiger partial charge in [0.2, 0.25) is 0 Å². The molecule has 1 saturated heterocycles. The van der Waals surface area contributed by atoms with Gasteiger partial charge in [0.1, 0.15) is 0 Å². The molecule has 3 nitrogen and oxygen atoms in total. The van der Waals surface area contributed by atoms with Gasteiger partial charge in [-0.1, -0.05) is 60.7 Å². The van der Waals surface area contributed by atoms with Gasteiger partial charge in [-0.15, -0.1) is 11.8 Å². The summed E-state index contributed by atoms with van der Waals surface area (Å²) in [5.74, 6) is 0.976. The first-order valence-corrected chi connectivity index (χ1v) is 10.3.